The molecule has 0 atom stereocenters. The van der Waals surface area contributed by atoms with E-state index < -0.39 is 11.4 Å². The smallest absolute Gasteiger partial charge is 0.310 e. The maximum Gasteiger partial charge on any atom is 0.310 e. The number of carboxylic acids is 1. The maximum absolute atomic E-state index is 12.0. The van der Waals surface area contributed by atoms with Gasteiger partial charge in [-0.25, -0.2) is 0 Å². The third kappa shape index (κ3) is 2.80. The Kier molecular flexibility index (Phi) is 3.70. The first-order valence-electron chi connectivity index (χ1n) is 7.67. The van der Waals surface area contributed by atoms with Gasteiger partial charge in [0.1, 0.15) is 0 Å². The fourth-order valence-corrected chi connectivity index (χ4v) is 3.39. The van der Waals surface area contributed by atoms with Gasteiger partial charge < -0.3 is 10.4 Å². The highest BCUT2D eigenvalue weighted by molar-refractivity contribution is 5.85. The molecule has 2 fully saturated rings. The average Bonchev–Trinajstić information content (AvgIpc) is 2.38. The van der Waals surface area contributed by atoms with Gasteiger partial charge in [0.05, 0.1) is 5.41 Å². The Balaban J connectivity index is 1.46. The quantitative estimate of drug-likeness (QED) is 0.875. The molecule has 0 aromatic heterocycles. The molecule has 1 aromatic carbocycles. The summed E-state index contributed by atoms with van der Waals surface area (Å²) in [6.45, 7) is 0. The van der Waals surface area contributed by atoms with Gasteiger partial charge in [-0.1, -0.05) is 36.8 Å². The minimum atomic E-state index is -0.820. The van der Waals surface area contributed by atoms with E-state index in [4.69, 9.17) is 0 Å². The van der Waals surface area contributed by atoms with Gasteiger partial charge in [-0.3, -0.25) is 9.59 Å². The molecule has 4 heteroatoms. The second kappa shape index (κ2) is 5.51. The van der Waals surface area contributed by atoms with Crippen molar-refractivity contribution < 1.29 is 14.7 Å². The van der Waals surface area contributed by atoms with E-state index in [2.05, 4.69) is 17.4 Å². The molecule has 0 heterocycles. The fourth-order valence-electron chi connectivity index (χ4n) is 3.39. The Morgan fingerprint density at radius 2 is 1.86 bits per heavy atom. The fraction of sp³-hybridized carbons (Fsp3) is 0.529. The molecule has 21 heavy (non-hydrogen) atoms. The molecule has 1 amide bonds. The summed E-state index contributed by atoms with van der Waals surface area (Å²) in [7, 11) is 0. The van der Waals surface area contributed by atoms with Crippen LogP contribution in [0.2, 0.25) is 0 Å². The van der Waals surface area contributed by atoms with Gasteiger partial charge in [0.15, 0.2) is 0 Å². The van der Waals surface area contributed by atoms with Gasteiger partial charge in [0.2, 0.25) is 5.91 Å². The normalized spacial score (nSPS) is 26.3. The van der Waals surface area contributed by atoms with Crippen molar-refractivity contribution in [1.29, 1.82) is 0 Å². The van der Waals surface area contributed by atoms with Crippen molar-refractivity contribution in [2.45, 2.75) is 50.5 Å². The summed E-state index contributed by atoms with van der Waals surface area (Å²) >= 11 is 0. The van der Waals surface area contributed by atoms with E-state index in [-0.39, 0.29) is 18.4 Å². The molecule has 2 aliphatic carbocycles. The molecule has 0 radical (unpaired) electrons. The first-order valence-corrected chi connectivity index (χ1v) is 7.67. The molecular formula is C17H21NO3. The van der Waals surface area contributed by atoms with Crippen LogP contribution in [-0.2, 0) is 9.59 Å². The zero-order valence-electron chi connectivity index (χ0n) is 12.0. The predicted octanol–water partition coefficient (Wildman–Crippen LogP) is 2.69. The number of hydrogen-bond donors (Lipinski definition) is 2. The van der Waals surface area contributed by atoms with Crippen LogP contribution in [0.1, 0.15) is 50.0 Å². The van der Waals surface area contributed by atoms with E-state index in [1.165, 1.54) is 5.56 Å². The van der Waals surface area contributed by atoms with E-state index in [1.54, 1.807) is 0 Å². The Bertz CT molecular complexity index is 530. The lowest BCUT2D eigenvalue weighted by Gasteiger charge is -2.39. The lowest BCUT2D eigenvalue weighted by atomic mass is 9.66. The van der Waals surface area contributed by atoms with Crippen molar-refractivity contribution in [1.82, 2.24) is 5.32 Å². The van der Waals surface area contributed by atoms with Crippen molar-refractivity contribution in [3.63, 3.8) is 0 Å². The van der Waals surface area contributed by atoms with Crippen molar-refractivity contribution in [2.24, 2.45) is 5.41 Å². The van der Waals surface area contributed by atoms with Crippen LogP contribution in [0.15, 0.2) is 30.3 Å². The highest BCUT2D eigenvalue weighted by Gasteiger charge is 2.46. The molecule has 0 bridgehead atoms. The van der Waals surface area contributed by atoms with Crippen LogP contribution in [0, 0.1) is 5.41 Å². The molecular weight excluding hydrogens is 266 g/mol. The average molecular weight is 287 g/mol. The first kappa shape index (κ1) is 14.1. The van der Waals surface area contributed by atoms with Crippen LogP contribution in [0.4, 0.5) is 0 Å². The van der Waals surface area contributed by atoms with Crippen LogP contribution in [-0.4, -0.2) is 23.0 Å². The standard InChI is InChI=1S/C17H21NO3/c19-15(11-17(16(20)21)7-4-8-17)18-14-9-13(10-14)12-5-2-1-3-6-12/h1-3,5-6,13-14H,4,7-11H2,(H,18,19)(H,20,21). The van der Waals surface area contributed by atoms with Crippen molar-refractivity contribution >= 4 is 11.9 Å². The van der Waals surface area contributed by atoms with Crippen LogP contribution < -0.4 is 5.32 Å². The van der Waals surface area contributed by atoms with E-state index >= 15 is 0 Å². The number of amides is 1. The Morgan fingerprint density at radius 3 is 2.38 bits per heavy atom. The van der Waals surface area contributed by atoms with Crippen molar-refractivity contribution in [2.75, 3.05) is 0 Å². The molecule has 1 aromatic rings. The number of aliphatic carboxylic acids is 1. The summed E-state index contributed by atoms with van der Waals surface area (Å²) in [6.07, 6.45) is 4.22. The third-order valence-corrected chi connectivity index (χ3v) is 5.04. The van der Waals surface area contributed by atoms with E-state index in [1.807, 2.05) is 18.2 Å². The topological polar surface area (TPSA) is 66.4 Å². The second-order valence-electron chi connectivity index (χ2n) is 6.46. The first-order chi connectivity index (χ1) is 10.1. The maximum atomic E-state index is 12.0. The molecule has 0 saturated heterocycles. The van der Waals surface area contributed by atoms with Crippen molar-refractivity contribution in [3.05, 3.63) is 35.9 Å². The SMILES string of the molecule is O=C(CC1(C(=O)O)CCC1)NC1CC(c2ccccc2)C1. The number of rotatable bonds is 5. The van der Waals surface area contributed by atoms with Crippen LogP contribution in [0.3, 0.4) is 0 Å². The summed E-state index contributed by atoms with van der Waals surface area (Å²) in [5.74, 6) is -0.401. The molecule has 2 N–H and O–H groups in total. The lowest BCUT2D eigenvalue weighted by molar-refractivity contribution is -0.157. The zero-order chi connectivity index (χ0) is 14.9. The monoisotopic (exact) mass is 287 g/mol. The summed E-state index contributed by atoms with van der Waals surface area (Å²) < 4.78 is 0. The van der Waals surface area contributed by atoms with Gasteiger partial charge in [0.25, 0.3) is 0 Å². The van der Waals surface area contributed by atoms with Gasteiger partial charge in [-0.15, -0.1) is 0 Å². The number of carboxylic acid groups (broad SMARTS) is 1. The van der Waals surface area contributed by atoms with Gasteiger partial charge in [-0.2, -0.15) is 0 Å². The van der Waals surface area contributed by atoms with Crippen LogP contribution in [0.5, 0.6) is 0 Å². The number of hydrogen-bond acceptors (Lipinski definition) is 2. The summed E-state index contributed by atoms with van der Waals surface area (Å²) in [4.78, 5) is 23.3. The van der Waals surface area contributed by atoms with E-state index in [0.717, 1.165) is 19.3 Å². The van der Waals surface area contributed by atoms with Crippen molar-refractivity contribution in [3.8, 4) is 0 Å². The molecule has 2 aliphatic rings. The molecule has 4 nitrogen and oxygen atoms in total. The minimum Gasteiger partial charge on any atom is -0.481 e. The summed E-state index contributed by atoms with van der Waals surface area (Å²) in [5.41, 5.74) is 0.538. The predicted molar refractivity (Wildman–Crippen MR) is 78.9 cm³/mol. The zero-order valence-corrected chi connectivity index (χ0v) is 12.0. The highest BCUT2D eigenvalue weighted by atomic mass is 16.4. The lowest BCUT2D eigenvalue weighted by Crippen LogP contribution is -2.47. The minimum absolute atomic E-state index is 0.103. The van der Waals surface area contributed by atoms with Gasteiger partial charge >= 0.3 is 5.97 Å². The largest absolute Gasteiger partial charge is 0.481 e. The van der Waals surface area contributed by atoms with E-state index in [9.17, 15) is 14.7 Å². The summed E-state index contributed by atoms with van der Waals surface area (Å²) in [5, 5.41) is 12.2. The Morgan fingerprint density at radius 1 is 1.19 bits per heavy atom. The van der Waals surface area contributed by atoms with Gasteiger partial charge in [-0.05, 0) is 37.2 Å². The Hall–Kier alpha value is -1.84. The number of nitrogens with one attached hydrogen (secondary N) is 1. The van der Waals surface area contributed by atoms with Crippen LogP contribution >= 0.6 is 0 Å². The molecule has 2 saturated carbocycles. The molecule has 0 aliphatic heterocycles. The molecule has 0 spiro atoms. The highest BCUT2D eigenvalue weighted by Crippen LogP contribution is 2.44. The number of carbonyl (C=O) groups is 2. The van der Waals surface area contributed by atoms with Crippen LogP contribution in [0.25, 0.3) is 0 Å². The van der Waals surface area contributed by atoms with E-state index in [0.29, 0.717) is 18.8 Å². The molecule has 3 rings (SSSR count). The Labute approximate surface area is 124 Å². The second-order valence-corrected chi connectivity index (χ2v) is 6.46. The number of carbonyl (C=O) groups excluding carboxylic acids is 1. The summed E-state index contributed by atoms with van der Waals surface area (Å²) in [6, 6.07) is 10.5. The van der Waals surface area contributed by atoms with Gasteiger partial charge in [0, 0.05) is 12.5 Å². The molecule has 112 valence electrons. The third-order valence-electron chi connectivity index (χ3n) is 5.04. The molecule has 0 unspecified atom stereocenters. The number of benzene rings is 1.